The SMILES string of the molecule is C[C@@H]1CCCC[C@@H]1NC(=O)NC(=O)CN1CCN(c2ccccc2)CC1. The Kier molecular flexibility index (Phi) is 6.50. The maximum absolute atomic E-state index is 12.2. The summed E-state index contributed by atoms with van der Waals surface area (Å²) >= 11 is 0. The highest BCUT2D eigenvalue weighted by molar-refractivity contribution is 5.95. The Balaban J connectivity index is 1.38. The minimum atomic E-state index is -0.350. The lowest BCUT2D eigenvalue weighted by Crippen LogP contribution is -2.52. The van der Waals surface area contributed by atoms with E-state index < -0.39 is 0 Å². The molecule has 26 heavy (non-hydrogen) atoms. The van der Waals surface area contributed by atoms with Crippen molar-refractivity contribution in [1.82, 2.24) is 15.5 Å². The number of benzene rings is 1. The molecule has 0 radical (unpaired) electrons. The molecule has 3 amide bonds. The average Bonchev–Trinajstić information content (AvgIpc) is 2.65. The van der Waals surface area contributed by atoms with Crippen LogP contribution in [0.25, 0.3) is 0 Å². The molecule has 3 rings (SSSR count). The number of piperazine rings is 1. The Morgan fingerprint density at radius 3 is 2.42 bits per heavy atom. The quantitative estimate of drug-likeness (QED) is 0.866. The summed E-state index contributed by atoms with van der Waals surface area (Å²) in [6, 6.07) is 10.2. The number of imide groups is 1. The highest BCUT2D eigenvalue weighted by Crippen LogP contribution is 2.23. The van der Waals surface area contributed by atoms with Gasteiger partial charge in [-0.15, -0.1) is 0 Å². The van der Waals surface area contributed by atoms with Crippen molar-refractivity contribution >= 4 is 17.6 Å². The molecule has 1 aromatic rings. The summed E-state index contributed by atoms with van der Waals surface area (Å²) in [7, 11) is 0. The molecule has 1 heterocycles. The van der Waals surface area contributed by atoms with Gasteiger partial charge in [0.2, 0.25) is 5.91 Å². The Bertz CT molecular complexity index is 599. The number of nitrogens with one attached hydrogen (secondary N) is 2. The third kappa shape index (κ3) is 5.21. The standard InChI is InChI=1S/C20H30N4O2/c1-16-7-5-6-10-18(16)21-20(26)22-19(25)15-23-11-13-24(14-12-23)17-8-3-2-4-9-17/h2-4,8-9,16,18H,5-7,10-15H2,1H3,(H2,21,22,25,26)/t16-,18+/m1/s1. The third-order valence-electron chi connectivity index (χ3n) is 5.54. The van der Waals surface area contributed by atoms with Gasteiger partial charge in [-0.2, -0.15) is 0 Å². The lowest BCUT2D eigenvalue weighted by Gasteiger charge is -2.35. The monoisotopic (exact) mass is 358 g/mol. The van der Waals surface area contributed by atoms with Crippen LogP contribution >= 0.6 is 0 Å². The molecule has 0 unspecified atom stereocenters. The second kappa shape index (κ2) is 9.03. The number of carbonyl (C=O) groups excluding carboxylic acids is 2. The van der Waals surface area contributed by atoms with E-state index in [1.54, 1.807) is 0 Å². The van der Waals surface area contributed by atoms with Crippen molar-refractivity contribution in [2.75, 3.05) is 37.6 Å². The summed E-state index contributed by atoms with van der Waals surface area (Å²) in [5.74, 6) is 0.259. The molecule has 2 N–H and O–H groups in total. The summed E-state index contributed by atoms with van der Waals surface area (Å²) in [5, 5.41) is 5.46. The zero-order valence-corrected chi connectivity index (χ0v) is 15.6. The smallest absolute Gasteiger partial charge is 0.321 e. The first kappa shape index (κ1) is 18.7. The Morgan fingerprint density at radius 2 is 1.73 bits per heavy atom. The van der Waals surface area contributed by atoms with Crippen LogP contribution in [0, 0.1) is 5.92 Å². The van der Waals surface area contributed by atoms with E-state index >= 15 is 0 Å². The van der Waals surface area contributed by atoms with Crippen LogP contribution < -0.4 is 15.5 Å². The zero-order chi connectivity index (χ0) is 18.4. The normalized spacial score (nSPS) is 24.1. The van der Waals surface area contributed by atoms with Crippen LogP contribution in [0.15, 0.2) is 30.3 Å². The Labute approximate surface area is 155 Å². The van der Waals surface area contributed by atoms with Crippen molar-refractivity contribution in [3.05, 3.63) is 30.3 Å². The molecule has 2 aliphatic rings. The molecule has 1 aliphatic carbocycles. The number of carbonyl (C=O) groups is 2. The first-order chi connectivity index (χ1) is 12.6. The number of hydrogen-bond donors (Lipinski definition) is 2. The molecule has 6 nitrogen and oxygen atoms in total. The van der Waals surface area contributed by atoms with Crippen LogP contribution in [0.4, 0.5) is 10.5 Å². The molecule has 2 atom stereocenters. The largest absolute Gasteiger partial charge is 0.369 e. The summed E-state index contributed by atoms with van der Waals surface area (Å²) < 4.78 is 0. The molecule has 6 heteroatoms. The maximum atomic E-state index is 12.2. The van der Waals surface area contributed by atoms with Crippen LogP contribution in [-0.2, 0) is 4.79 Å². The highest BCUT2D eigenvalue weighted by atomic mass is 16.2. The number of amides is 3. The van der Waals surface area contributed by atoms with Gasteiger partial charge < -0.3 is 10.2 Å². The number of rotatable bonds is 4. The molecule has 0 spiro atoms. The fourth-order valence-electron chi connectivity index (χ4n) is 3.91. The van der Waals surface area contributed by atoms with Crippen LogP contribution in [0.1, 0.15) is 32.6 Å². The van der Waals surface area contributed by atoms with Crippen LogP contribution in [0.2, 0.25) is 0 Å². The van der Waals surface area contributed by atoms with Gasteiger partial charge in [0, 0.05) is 37.9 Å². The molecule has 1 aromatic carbocycles. The second-order valence-corrected chi connectivity index (χ2v) is 7.49. The number of anilines is 1. The fraction of sp³-hybridized carbons (Fsp3) is 0.600. The molecule has 2 fully saturated rings. The first-order valence-corrected chi connectivity index (χ1v) is 9.74. The topological polar surface area (TPSA) is 64.7 Å². The summed E-state index contributed by atoms with van der Waals surface area (Å²) in [4.78, 5) is 28.7. The van der Waals surface area contributed by atoms with Crippen molar-refractivity contribution in [1.29, 1.82) is 0 Å². The minimum Gasteiger partial charge on any atom is -0.369 e. The van der Waals surface area contributed by atoms with Crippen molar-refractivity contribution in [3.8, 4) is 0 Å². The van der Waals surface area contributed by atoms with Gasteiger partial charge in [0.1, 0.15) is 0 Å². The summed E-state index contributed by atoms with van der Waals surface area (Å²) in [6.45, 7) is 5.87. The van der Waals surface area contributed by atoms with Crippen molar-refractivity contribution in [3.63, 3.8) is 0 Å². The van der Waals surface area contributed by atoms with E-state index in [1.165, 1.54) is 12.1 Å². The molecular weight excluding hydrogens is 328 g/mol. The van der Waals surface area contributed by atoms with Gasteiger partial charge >= 0.3 is 6.03 Å². The molecular formula is C20H30N4O2. The molecule has 0 aromatic heterocycles. The summed E-state index contributed by atoms with van der Waals surface area (Å²) in [6.07, 6.45) is 4.53. The van der Waals surface area contributed by atoms with E-state index in [2.05, 4.69) is 39.5 Å². The highest BCUT2D eigenvalue weighted by Gasteiger charge is 2.24. The molecule has 1 saturated heterocycles. The number of para-hydroxylation sites is 1. The summed E-state index contributed by atoms with van der Waals surface area (Å²) in [5.41, 5.74) is 1.22. The first-order valence-electron chi connectivity index (χ1n) is 9.74. The maximum Gasteiger partial charge on any atom is 0.321 e. The number of urea groups is 1. The van der Waals surface area contributed by atoms with Gasteiger partial charge in [-0.05, 0) is 30.9 Å². The molecule has 1 saturated carbocycles. The van der Waals surface area contributed by atoms with E-state index in [0.717, 1.165) is 45.4 Å². The third-order valence-corrected chi connectivity index (χ3v) is 5.54. The Hall–Kier alpha value is -2.08. The van der Waals surface area contributed by atoms with Gasteiger partial charge in [0.25, 0.3) is 0 Å². The number of hydrogen-bond acceptors (Lipinski definition) is 4. The molecule has 0 bridgehead atoms. The second-order valence-electron chi connectivity index (χ2n) is 7.49. The van der Waals surface area contributed by atoms with Crippen LogP contribution in [-0.4, -0.2) is 55.6 Å². The molecule has 1 aliphatic heterocycles. The minimum absolute atomic E-state index is 0.186. The van der Waals surface area contributed by atoms with E-state index in [4.69, 9.17) is 0 Å². The predicted octanol–water partition coefficient (Wildman–Crippen LogP) is 2.21. The van der Waals surface area contributed by atoms with Crippen molar-refractivity contribution < 1.29 is 9.59 Å². The van der Waals surface area contributed by atoms with Crippen LogP contribution in [0.3, 0.4) is 0 Å². The van der Waals surface area contributed by atoms with Gasteiger partial charge in [0.05, 0.1) is 6.54 Å². The zero-order valence-electron chi connectivity index (χ0n) is 15.6. The Morgan fingerprint density at radius 1 is 1.04 bits per heavy atom. The van der Waals surface area contributed by atoms with Gasteiger partial charge in [0.15, 0.2) is 0 Å². The van der Waals surface area contributed by atoms with E-state index in [0.29, 0.717) is 5.92 Å². The fourth-order valence-corrected chi connectivity index (χ4v) is 3.91. The van der Waals surface area contributed by atoms with E-state index in [1.807, 2.05) is 18.2 Å². The van der Waals surface area contributed by atoms with Gasteiger partial charge in [-0.25, -0.2) is 4.79 Å². The van der Waals surface area contributed by atoms with Crippen LogP contribution in [0.5, 0.6) is 0 Å². The van der Waals surface area contributed by atoms with Crippen molar-refractivity contribution in [2.24, 2.45) is 5.92 Å². The van der Waals surface area contributed by atoms with Crippen molar-refractivity contribution in [2.45, 2.75) is 38.6 Å². The van der Waals surface area contributed by atoms with Gasteiger partial charge in [-0.1, -0.05) is 38.0 Å². The number of nitrogens with zero attached hydrogens (tertiary/aromatic N) is 2. The lowest BCUT2D eigenvalue weighted by atomic mass is 9.86. The average molecular weight is 358 g/mol. The lowest BCUT2D eigenvalue weighted by molar-refractivity contribution is -0.121. The molecule has 142 valence electrons. The van der Waals surface area contributed by atoms with E-state index in [-0.39, 0.29) is 24.5 Å². The van der Waals surface area contributed by atoms with Gasteiger partial charge in [-0.3, -0.25) is 15.0 Å². The van der Waals surface area contributed by atoms with E-state index in [9.17, 15) is 9.59 Å². The predicted molar refractivity (Wildman–Crippen MR) is 103 cm³/mol.